The van der Waals surface area contributed by atoms with Crippen LogP contribution in [0.2, 0.25) is 0 Å². The molecule has 0 unspecified atom stereocenters. The van der Waals surface area contributed by atoms with Gasteiger partial charge in [0.2, 0.25) is 0 Å². The zero-order chi connectivity index (χ0) is 26.3. The highest BCUT2D eigenvalue weighted by atomic mass is 16.6. The van der Waals surface area contributed by atoms with Crippen molar-refractivity contribution in [2.24, 2.45) is 0 Å². The van der Waals surface area contributed by atoms with Gasteiger partial charge in [0, 0.05) is 11.8 Å². The molecule has 0 saturated heterocycles. The fourth-order valence-corrected chi connectivity index (χ4v) is 3.52. The molecule has 37 heavy (non-hydrogen) atoms. The normalized spacial score (nSPS) is 12.4. The van der Waals surface area contributed by atoms with Gasteiger partial charge in [-0.1, -0.05) is 54.6 Å². The van der Waals surface area contributed by atoms with Crippen molar-refractivity contribution >= 4 is 17.7 Å². The quantitative estimate of drug-likeness (QED) is 0.151. The van der Waals surface area contributed by atoms with Crippen molar-refractivity contribution in [1.29, 1.82) is 0 Å². The zero-order valence-corrected chi connectivity index (χ0v) is 20.2. The Kier molecular flexibility index (Phi) is 11.0. The summed E-state index contributed by atoms with van der Waals surface area (Å²) < 4.78 is 17.7. The molecule has 0 aliphatic carbocycles. The van der Waals surface area contributed by atoms with Gasteiger partial charge in [0.05, 0.1) is 6.61 Å². The highest BCUT2D eigenvalue weighted by Crippen LogP contribution is 2.31. The number of hydrogen-bond acceptors (Lipinski definition) is 7. The second-order valence-corrected chi connectivity index (χ2v) is 7.89. The molecule has 194 valence electrons. The van der Waals surface area contributed by atoms with E-state index in [0.717, 1.165) is 0 Å². The molecular weight excluding hydrogens is 476 g/mol. The smallest absolute Gasteiger partial charge is 0.412 e. The Morgan fingerprint density at radius 3 is 2.32 bits per heavy atom. The number of aliphatic hydroxyl groups excluding tert-OH is 1. The molecule has 9 nitrogen and oxygen atoms in total. The molecule has 9 heteroatoms. The van der Waals surface area contributed by atoms with Gasteiger partial charge in [-0.25, -0.2) is 10.3 Å². The third kappa shape index (κ3) is 9.32. The predicted molar refractivity (Wildman–Crippen MR) is 137 cm³/mol. The molecule has 0 spiro atoms. The number of carbonyl (C=O) groups is 2. The van der Waals surface area contributed by atoms with E-state index in [1.54, 1.807) is 72.2 Å². The number of anilines is 1. The molecule has 2 amide bonds. The molecular formula is C28H30N2O7. The van der Waals surface area contributed by atoms with Crippen LogP contribution in [0.4, 0.5) is 10.5 Å². The summed E-state index contributed by atoms with van der Waals surface area (Å²) >= 11 is 0. The van der Waals surface area contributed by atoms with Crippen LogP contribution in [0.25, 0.3) is 0 Å². The topological polar surface area (TPSA) is 126 Å². The lowest BCUT2D eigenvalue weighted by Crippen LogP contribution is -2.31. The molecule has 4 N–H and O–H groups in total. The number of benzene rings is 3. The lowest BCUT2D eigenvalue weighted by molar-refractivity contribution is -0.124. The molecule has 0 aliphatic rings. The first-order valence-electron chi connectivity index (χ1n) is 11.8. The summed E-state index contributed by atoms with van der Waals surface area (Å²) in [6.45, 7) is -0.0255. The van der Waals surface area contributed by atoms with Crippen molar-refractivity contribution in [3.8, 4) is 11.5 Å². The van der Waals surface area contributed by atoms with Gasteiger partial charge in [0.1, 0.15) is 24.2 Å². The van der Waals surface area contributed by atoms with E-state index in [2.05, 4.69) is 5.32 Å². The molecule has 0 aromatic heterocycles. The summed E-state index contributed by atoms with van der Waals surface area (Å²) in [5.74, 6) is 0.431. The van der Waals surface area contributed by atoms with E-state index < -0.39 is 24.2 Å². The van der Waals surface area contributed by atoms with Crippen molar-refractivity contribution in [2.75, 3.05) is 18.5 Å². The van der Waals surface area contributed by atoms with Crippen LogP contribution >= 0.6 is 0 Å². The van der Waals surface area contributed by atoms with E-state index in [-0.39, 0.29) is 13.2 Å². The Balaban J connectivity index is 1.90. The van der Waals surface area contributed by atoms with Crippen molar-refractivity contribution in [3.63, 3.8) is 0 Å². The SMILES string of the molecule is O=C(/C=C/CC[C@H](Oc1ccccc1)[C@@H](OC(=O)Nc1ccccc1)c1cccc(OCCO)c1)NO. The van der Waals surface area contributed by atoms with Crippen LogP contribution in [0.15, 0.2) is 97.1 Å². The molecule has 0 aliphatic heterocycles. The minimum absolute atomic E-state index is 0.116. The Bertz CT molecular complexity index is 1140. The Labute approximate surface area is 215 Å². The van der Waals surface area contributed by atoms with Gasteiger partial charge in [-0.05, 0) is 54.8 Å². The fourth-order valence-electron chi connectivity index (χ4n) is 3.52. The fraction of sp³-hybridized carbons (Fsp3) is 0.214. The zero-order valence-electron chi connectivity index (χ0n) is 20.2. The lowest BCUT2D eigenvalue weighted by Gasteiger charge is -2.28. The number of aliphatic hydroxyl groups is 1. The lowest BCUT2D eigenvalue weighted by atomic mass is 9.99. The Morgan fingerprint density at radius 1 is 0.919 bits per heavy atom. The first-order chi connectivity index (χ1) is 18.1. The standard InChI is InChI=1S/C28H30N2O7/c31-18-19-35-24-15-9-10-21(20-24)27(37-28(33)29-22-11-3-1-4-12-22)25(16-7-8-17-26(32)30-34)36-23-13-5-2-6-14-23/h1-6,8-15,17,20,25,27,31,34H,7,16,18-19H2,(H,29,33)(H,30,32)/b17-8+/t25-,27-/m0/s1. The summed E-state index contributed by atoms with van der Waals surface area (Å²) in [4.78, 5) is 24.3. The van der Waals surface area contributed by atoms with Crippen LogP contribution in [0.5, 0.6) is 11.5 Å². The number of carbonyl (C=O) groups excluding carboxylic acids is 2. The Hall–Kier alpha value is -4.34. The van der Waals surface area contributed by atoms with Gasteiger partial charge >= 0.3 is 6.09 Å². The van der Waals surface area contributed by atoms with Gasteiger partial charge in [-0.3, -0.25) is 15.3 Å². The maximum absolute atomic E-state index is 12.9. The van der Waals surface area contributed by atoms with E-state index in [1.807, 2.05) is 24.3 Å². The van der Waals surface area contributed by atoms with Crippen molar-refractivity contribution in [2.45, 2.75) is 25.0 Å². The van der Waals surface area contributed by atoms with Crippen LogP contribution < -0.4 is 20.3 Å². The number of ether oxygens (including phenoxy) is 3. The molecule has 3 rings (SSSR count). The highest BCUT2D eigenvalue weighted by molar-refractivity contribution is 5.86. The van der Waals surface area contributed by atoms with Crippen LogP contribution in [0.3, 0.4) is 0 Å². The average molecular weight is 507 g/mol. The summed E-state index contributed by atoms with van der Waals surface area (Å²) in [5, 5.41) is 20.6. The molecule has 0 radical (unpaired) electrons. The second-order valence-electron chi connectivity index (χ2n) is 7.89. The second kappa shape index (κ2) is 14.9. The van der Waals surface area contributed by atoms with Crippen LogP contribution in [0.1, 0.15) is 24.5 Å². The minimum atomic E-state index is -0.860. The van der Waals surface area contributed by atoms with E-state index in [4.69, 9.17) is 24.5 Å². The van der Waals surface area contributed by atoms with Gasteiger partial charge in [-0.2, -0.15) is 0 Å². The van der Waals surface area contributed by atoms with Gasteiger partial charge < -0.3 is 19.3 Å². The molecule has 0 heterocycles. The first-order valence-corrected chi connectivity index (χ1v) is 11.8. The van der Waals surface area contributed by atoms with Crippen LogP contribution in [-0.4, -0.2) is 41.6 Å². The molecule has 3 aromatic rings. The monoisotopic (exact) mass is 506 g/mol. The molecule has 3 aromatic carbocycles. The number of nitrogens with one attached hydrogen (secondary N) is 2. The number of amides is 2. The van der Waals surface area contributed by atoms with Crippen molar-refractivity contribution in [1.82, 2.24) is 5.48 Å². The number of para-hydroxylation sites is 2. The van der Waals surface area contributed by atoms with Crippen LogP contribution in [0, 0.1) is 0 Å². The number of hydroxylamine groups is 1. The molecule has 0 fully saturated rings. The van der Waals surface area contributed by atoms with Gasteiger partial charge in [0.25, 0.3) is 5.91 Å². The summed E-state index contributed by atoms with van der Waals surface area (Å²) in [7, 11) is 0. The molecule has 0 saturated carbocycles. The molecule has 2 atom stereocenters. The largest absolute Gasteiger partial charge is 0.491 e. The minimum Gasteiger partial charge on any atom is -0.491 e. The van der Waals surface area contributed by atoms with Crippen molar-refractivity contribution in [3.05, 3.63) is 103 Å². The highest BCUT2D eigenvalue weighted by Gasteiger charge is 2.29. The van der Waals surface area contributed by atoms with E-state index in [9.17, 15) is 9.59 Å². The summed E-state index contributed by atoms with van der Waals surface area (Å²) in [6.07, 6.45) is 1.38. The maximum atomic E-state index is 12.9. The summed E-state index contributed by atoms with van der Waals surface area (Å²) in [5.41, 5.74) is 2.74. The third-order valence-electron chi connectivity index (χ3n) is 5.17. The third-order valence-corrected chi connectivity index (χ3v) is 5.17. The summed E-state index contributed by atoms with van der Waals surface area (Å²) in [6, 6.07) is 25.1. The predicted octanol–water partition coefficient (Wildman–Crippen LogP) is 4.64. The number of hydrogen-bond donors (Lipinski definition) is 4. The van der Waals surface area contributed by atoms with E-state index in [1.165, 1.54) is 6.08 Å². The first kappa shape index (κ1) is 27.3. The van der Waals surface area contributed by atoms with E-state index >= 15 is 0 Å². The number of allylic oxidation sites excluding steroid dienone is 1. The van der Waals surface area contributed by atoms with Gasteiger partial charge in [0.15, 0.2) is 6.10 Å². The van der Waals surface area contributed by atoms with Crippen LogP contribution in [-0.2, 0) is 9.53 Å². The molecule has 0 bridgehead atoms. The van der Waals surface area contributed by atoms with Gasteiger partial charge in [-0.15, -0.1) is 0 Å². The van der Waals surface area contributed by atoms with Crippen molar-refractivity contribution < 1.29 is 34.1 Å². The number of rotatable bonds is 13. The van der Waals surface area contributed by atoms with E-state index in [0.29, 0.717) is 35.6 Å². The Morgan fingerprint density at radius 2 is 1.62 bits per heavy atom. The average Bonchev–Trinajstić information content (AvgIpc) is 2.93. The maximum Gasteiger partial charge on any atom is 0.412 e.